The Hall–Kier alpha value is -3.74. The van der Waals surface area contributed by atoms with Gasteiger partial charge in [-0.3, -0.25) is 9.78 Å². The fourth-order valence-corrected chi connectivity index (χ4v) is 3.28. The second kappa shape index (κ2) is 7.11. The van der Waals surface area contributed by atoms with Crippen LogP contribution in [0.5, 0.6) is 0 Å². The Labute approximate surface area is 161 Å². The molecular weight excluding hydrogens is 354 g/mol. The molecule has 0 saturated carbocycles. The Bertz CT molecular complexity index is 1200. The molecule has 7 nitrogen and oxygen atoms in total. The largest absolute Gasteiger partial charge is 0.412 e. The zero-order valence-corrected chi connectivity index (χ0v) is 15.8. The Morgan fingerprint density at radius 3 is 2.54 bits per heavy atom. The molecule has 4 aromatic rings. The Balaban J connectivity index is 1.89. The minimum absolute atomic E-state index is 0.265. The fourth-order valence-electron chi connectivity index (χ4n) is 3.28. The first kappa shape index (κ1) is 17.7. The van der Waals surface area contributed by atoms with Crippen molar-refractivity contribution in [3.63, 3.8) is 0 Å². The molecule has 0 fully saturated rings. The van der Waals surface area contributed by atoms with E-state index in [9.17, 15) is 4.79 Å². The van der Waals surface area contributed by atoms with E-state index < -0.39 is 0 Å². The van der Waals surface area contributed by atoms with Gasteiger partial charge in [-0.15, -0.1) is 4.73 Å². The van der Waals surface area contributed by atoms with Crippen molar-refractivity contribution in [2.45, 2.75) is 13.8 Å². The first-order valence-corrected chi connectivity index (χ1v) is 8.79. The molecule has 0 saturated heterocycles. The predicted molar refractivity (Wildman–Crippen MR) is 109 cm³/mol. The van der Waals surface area contributed by atoms with E-state index in [1.807, 2.05) is 50.2 Å². The summed E-state index contributed by atoms with van der Waals surface area (Å²) in [4.78, 5) is 31.4. The average Bonchev–Trinajstić information content (AvgIpc) is 2.69. The number of anilines is 2. The van der Waals surface area contributed by atoms with Crippen LogP contribution in [0.1, 0.15) is 11.1 Å². The molecule has 3 heterocycles. The number of hydrogen-bond donors (Lipinski definition) is 1. The molecule has 28 heavy (non-hydrogen) atoms. The van der Waals surface area contributed by atoms with Crippen LogP contribution >= 0.6 is 0 Å². The van der Waals surface area contributed by atoms with Gasteiger partial charge in [-0.1, -0.05) is 18.2 Å². The summed E-state index contributed by atoms with van der Waals surface area (Å²) < 4.78 is 1.20. The minimum Gasteiger partial charge on any atom is -0.412 e. The van der Waals surface area contributed by atoms with Gasteiger partial charge in [0.2, 0.25) is 5.95 Å². The molecule has 1 aromatic carbocycles. The fraction of sp³-hybridized carbons (Fsp3) is 0.143. The van der Waals surface area contributed by atoms with Gasteiger partial charge in [-0.25, -0.2) is 4.98 Å². The minimum atomic E-state index is -0.265. The van der Waals surface area contributed by atoms with Crippen LogP contribution in [-0.4, -0.2) is 26.8 Å². The lowest BCUT2D eigenvalue weighted by molar-refractivity contribution is 0.168. The number of benzene rings is 1. The van der Waals surface area contributed by atoms with Gasteiger partial charge in [0.25, 0.3) is 5.56 Å². The lowest BCUT2D eigenvalue weighted by Crippen LogP contribution is -2.27. The van der Waals surface area contributed by atoms with Gasteiger partial charge in [0.05, 0.1) is 17.4 Å². The third kappa shape index (κ3) is 3.07. The number of nitrogens with one attached hydrogen (secondary N) is 1. The van der Waals surface area contributed by atoms with Crippen LogP contribution < -0.4 is 15.7 Å². The molecule has 7 heteroatoms. The van der Waals surface area contributed by atoms with Gasteiger partial charge in [-0.05, 0) is 48.7 Å². The molecule has 0 unspecified atom stereocenters. The van der Waals surface area contributed by atoms with Crippen LogP contribution in [0, 0.1) is 13.8 Å². The van der Waals surface area contributed by atoms with Crippen molar-refractivity contribution in [1.29, 1.82) is 0 Å². The highest BCUT2D eigenvalue weighted by molar-refractivity contribution is 5.83. The van der Waals surface area contributed by atoms with Crippen LogP contribution in [0.15, 0.2) is 59.8 Å². The van der Waals surface area contributed by atoms with Crippen LogP contribution in [-0.2, 0) is 0 Å². The number of aryl methyl sites for hydroxylation is 2. The van der Waals surface area contributed by atoms with Crippen LogP contribution in [0.3, 0.4) is 0 Å². The van der Waals surface area contributed by atoms with Crippen molar-refractivity contribution in [1.82, 2.24) is 19.7 Å². The van der Waals surface area contributed by atoms with Crippen molar-refractivity contribution in [2.24, 2.45) is 0 Å². The smallest absolute Gasteiger partial charge is 0.292 e. The summed E-state index contributed by atoms with van der Waals surface area (Å²) in [6, 6.07) is 11.4. The molecule has 1 N–H and O–H groups in total. The van der Waals surface area contributed by atoms with Crippen molar-refractivity contribution >= 4 is 22.7 Å². The van der Waals surface area contributed by atoms with Crippen molar-refractivity contribution < 1.29 is 4.84 Å². The summed E-state index contributed by atoms with van der Waals surface area (Å²) in [7, 11) is 1.45. The van der Waals surface area contributed by atoms with E-state index in [0.29, 0.717) is 22.5 Å². The van der Waals surface area contributed by atoms with E-state index in [1.54, 1.807) is 18.6 Å². The molecule has 0 aliphatic carbocycles. The number of rotatable bonds is 4. The molecule has 0 radical (unpaired) electrons. The third-order valence-electron chi connectivity index (χ3n) is 4.55. The maximum Gasteiger partial charge on any atom is 0.292 e. The summed E-state index contributed by atoms with van der Waals surface area (Å²) in [5, 5.41) is 3.78. The van der Waals surface area contributed by atoms with E-state index in [-0.39, 0.29) is 5.56 Å². The van der Waals surface area contributed by atoms with Gasteiger partial charge in [0, 0.05) is 17.8 Å². The molecule has 0 amide bonds. The second-order valence-electron chi connectivity index (χ2n) is 6.45. The molecule has 0 bridgehead atoms. The van der Waals surface area contributed by atoms with Crippen LogP contribution in [0.2, 0.25) is 0 Å². The van der Waals surface area contributed by atoms with Gasteiger partial charge in [0.1, 0.15) is 7.11 Å². The van der Waals surface area contributed by atoms with E-state index in [1.165, 1.54) is 11.8 Å². The molecule has 0 atom stereocenters. The van der Waals surface area contributed by atoms with Gasteiger partial charge in [-0.2, -0.15) is 4.98 Å². The van der Waals surface area contributed by atoms with Gasteiger partial charge < -0.3 is 10.2 Å². The molecule has 4 rings (SSSR count). The lowest BCUT2D eigenvalue weighted by atomic mass is 9.96. The number of aromatic nitrogens is 4. The van der Waals surface area contributed by atoms with Crippen LogP contribution in [0.4, 0.5) is 11.6 Å². The Morgan fingerprint density at radius 2 is 1.86 bits per heavy atom. The third-order valence-corrected chi connectivity index (χ3v) is 4.55. The highest BCUT2D eigenvalue weighted by atomic mass is 16.6. The number of fused-ring (bicyclic) bond motifs is 1. The van der Waals surface area contributed by atoms with Crippen molar-refractivity contribution in [3.05, 3.63) is 76.5 Å². The zero-order chi connectivity index (χ0) is 19.7. The van der Waals surface area contributed by atoms with E-state index in [2.05, 4.69) is 20.3 Å². The molecule has 3 aromatic heterocycles. The first-order chi connectivity index (χ1) is 13.6. The second-order valence-corrected chi connectivity index (χ2v) is 6.45. The number of pyridine rings is 2. The van der Waals surface area contributed by atoms with Gasteiger partial charge in [0.15, 0.2) is 5.65 Å². The highest BCUT2D eigenvalue weighted by Gasteiger charge is 2.16. The summed E-state index contributed by atoms with van der Waals surface area (Å²) >= 11 is 0. The van der Waals surface area contributed by atoms with E-state index in [4.69, 9.17) is 4.84 Å². The first-order valence-electron chi connectivity index (χ1n) is 8.79. The molecule has 0 spiro atoms. The number of nitrogens with zero attached hydrogens (tertiary/aromatic N) is 4. The average molecular weight is 373 g/mol. The van der Waals surface area contributed by atoms with Gasteiger partial charge >= 0.3 is 0 Å². The van der Waals surface area contributed by atoms with Crippen molar-refractivity contribution in [2.75, 3.05) is 12.4 Å². The summed E-state index contributed by atoms with van der Waals surface area (Å²) in [5.74, 6) is 0.352. The SMILES string of the molecule is COn1c(=O)c(-c2c(C)cccc2C)cc2cnc(Nc3cccnc3)nc21. The predicted octanol–water partition coefficient (Wildman–Crippen LogP) is 3.27. The zero-order valence-electron chi connectivity index (χ0n) is 15.8. The maximum absolute atomic E-state index is 13.1. The molecule has 0 aliphatic heterocycles. The summed E-state index contributed by atoms with van der Waals surface area (Å²) in [6.45, 7) is 3.97. The Morgan fingerprint density at radius 1 is 1.07 bits per heavy atom. The molecule has 0 aliphatic rings. The summed E-state index contributed by atoms with van der Waals surface area (Å²) in [5.41, 5.74) is 4.38. The topological polar surface area (TPSA) is 81.9 Å². The number of hydrogen-bond acceptors (Lipinski definition) is 6. The summed E-state index contributed by atoms with van der Waals surface area (Å²) in [6.07, 6.45) is 5.03. The normalized spacial score (nSPS) is 10.8. The van der Waals surface area contributed by atoms with Crippen molar-refractivity contribution in [3.8, 4) is 11.1 Å². The Kier molecular flexibility index (Phi) is 4.49. The van der Waals surface area contributed by atoms with E-state index in [0.717, 1.165) is 22.4 Å². The lowest BCUT2D eigenvalue weighted by Gasteiger charge is -2.14. The molecule has 140 valence electrons. The monoisotopic (exact) mass is 373 g/mol. The maximum atomic E-state index is 13.1. The molecular formula is C21H19N5O2. The van der Waals surface area contributed by atoms with E-state index >= 15 is 0 Å². The standard InChI is InChI=1S/C21H19N5O2/c1-13-6-4-7-14(2)18(13)17-10-15-11-23-21(24-16-8-5-9-22-12-16)25-19(15)26(28-3)20(17)27/h4-12H,1-3H3,(H,23,24,25). The quantitative estimate of drug-likeness (QED) is 0.591. The van der Waals surface area contributed by atoms with Crippen LogP contribution in [0.25, 0.3) is 22.2 Å². The highest BCUT2D eigenvalue weighted by Crippen LogP contribution is 2.26.